The molecule has 20 heavy (non-hydrogen) atoms. The zero-order chi connectivity index (χ0) is 14.5. The molecule has 0 bridgehead atoms. The quantitative estimate of drug-likeness (QED) is 0.832. The topological polar surface area (TPSA) is 37.3 Å². The Morgan fingerprint density at radius 3 is 2.50 bits per heavy atom. The first-order valence-corrected chi connectivity index (χ1v) is 7.29. The number of hydrogen-bond acceptors (Lipinski definition) is 2. The number of carbonyl (C=O) groups is 1. The van der Waals surface area contributed by atoms with E-state index in [1.807, 2.05) is 12.1 Å². The molecule has 1 N–H and O–H groups in total. The summed E-state index contributed by atoms with van der Waals surface area (Å²) in [4.78, 5) is 11.5. The zero-order valence-corrected chi connectivity index (χ0v) is 12.0. The molecular formula is C15H12ClFO2S. The zero-order valence-electron chi connectivity index (χ0n) is 10.5. The van der Waals surface area contributed by atoms with Crippen molar-refractivity contribution in [1.29, 1.82) is 0 Å². The van der Waals surface area contributed by atoms with Gasteiger partial charge in [0.2, 0.25) is 0 Å². The van der Waals surface area contributed by atoms with Crippen molar-refractivity contribution >= 4 is 29.3 Å². The van der Waals surface area contributed by atoms with Gasteiger partial charge in [-0.3, -0.25) is 4.79 Å². The Bertz CT molecular complexity index is 594. The summed E-state index contributed by atoms with van der Waals surface area (Å²) < 4.78 is 13.6. The molecule has 0 amide bonds. The summed E-state index contributed by atoms with van der Waals surface area (Å²) in [5.41, 5.74) is 1.22. The number of halogens is 2. The van der Waals surface area contributed by atoms with Gasteiger partial charge in [-0.05, 0) is 29.8 Å². The molecule has 0 saturated heterocycles. The van der Waals surface area contributed by atoms with Crippen LogP contribution >= 0.6 is 23.4 Å². The molecule has 0 aromatic heterocycles. The molecule has 0 radical (unpaired) electrons. The summed E-state index contributed by atoms with van der Waals surface area (Å²) in [5, 5.41) is 9.10. The van der Waals surface area contributed by atoms with Gasteiger partial charge in [-0.1, -0.05) is 29.8 Å². The molecule has 0 unspecified atom stereocenters. The SMILES string of the molecule is O=C(O)Cc1ccc(SCc2c(F)cccc2Cl)cc1. The highest BCUT2D eigenvalue weighted by atomic mass is 35.5. The first-order chi connectivity index (χ1) is 9.56. The van der Waals surface area contributed by atoms with Crippen molar-refractivity contribution in [1.82, 2.24) is 0 Å². The minimum Gasteiger partial charge on any atom is -0.481 e. The Morgan fingerprint density at radius 1 is 1.20 bits per heavy atom. The summed E-state index contributed by atoms with van der Waals surface area (Å²) in [7, 11) is 0. The van der Waals surface area contributed by atoms with E-state index in [1.165, 1.54) is 17.8 Å². The average Bonchev–Trinajstić information content (AvgIpc) is 2.39. The lowest BCUT2D eigenvalue weighted by Crippen LogP contribution is -1.99. The highest BCUT2D eigenvalue weighted by molar-refractivity contribution is 7.98. The summed E-state index contributed by atoms with van der Waals surface area (Å²) in [6, 6.07) is 11.8. The maximum atomic E-state index is 13.6. The fourth-order valence-corrected chi connectivity index (χ4v) is 2.95. The van der Waals surface area contributed by atoms with Gasteiger partial charge in [-0.25, -0.2) is 4.39 Å². The second kappa shape index (κ2) is 6.77. The van der Waals surface area contributed by atoms with Crippen LogP contribution in [0.2, 0.25) is 5.02 Å². The van der Waals surface area contributed by atoms with E-state index in [9.17, 15) is 9.18 Å². The third kappa shape index (κ3) is 3.99. The van der Waals surface area contributed by atoms with Crippen LogP contribution in [0.1, 0.15) is 11.1 Å². The Labute approximate surface area is 125 Å². The third-order valence-electron chi connectivity index (χ3n) is 2.72. The molecule has 2 nitrogen and oxygen atoms in total. The Balaban J connectivity index is 2.02. The van der Waals surface area contributed by atoms with Crippen molar-refractivity contribution in [2.24, 2.45) is 0 Å². The molecule has 0 atom stereocenters. The lowest BCUT2D eigenvalue weighted by molar-refractivity contribution is -0.136. The lowest BCUT2D eigenvalue weighted by Gasteiger charge is -2.06. The molecule has 0 spiro atoms. The molecule has 0 heterocycles. The molecule has 0 aliphatic rings. The van der Waals surface area contributed by atoms with Crippen molar-refractivity contribution < 1.29 is 14.3 Å². The van der Waals surface area contributed by atoms with Crippen LogP contribution in [-0.2, 0) is 17.0 Å². The molecule has 2 aromatic rings. The van der Waals surface area contributed by atoms with Crippen molar-refractivity contribution in [2.75, 3.05) is 0 Å². The molecule has 0 saturated carbocycles. The first-order valence-electron chi connectivity index (χ1n) is 5.92. The monoisotopic (exact) mass is 310 g/mol. The Morgan fingerprint density at radius 2 is 1.90 bits per heavy atom. The minimum atomic E-state index is -0.858. The summed E-state index contributed by atoms with van der Waals surface area (Å²) in [5.74, 6) is -0.736. The molecule has 104 valence electrons. The van der Waals surface area contributed by atoms with Crippen LogP contribution in [0, 0.1) is 5.82 Å². The van der Waals surface area contributed by atoms with Gasteiger partial charge in [-0.15, -0.1) is 11.8 Å². The van der Waals surface area contributed by atoms with Crippen molar-refractivity contribution in [2.45, 2.75) is 17.1 Å². The fraction of sp³-hybridized carbons (Fsp3) is 0.133. The number of hydrogen-bond donors (Lipinski definition) is 1. The van der Waals surface area contributed by atoms with Gasteiger partial charge < -0.3 is 5.11 Å². The van der Waals surface area contributed by atoms with Crippen LogP contribution in [-0.4, -0.2) is 11.1 Å². The van der Waals surface area contributed by atoms with Gasteiger partial charge in [0.1, 0.15) is 5.82 Å². The number of carboxylic acid groups (broad SMARTS) is 1. The number of benzene rings is 2. The van der Waals surface area contributed by atoms with Gasteiger partial charge >= 0.3 is 5.97 Å². The van der Waals surface area contributed by atoms with Crippen LogP contribution in [0.25, 0.3) is 0 Å². The number of carboxylic acids is 1. The predicted molar refractivity (Wildman–Crippen MR) is 78.8 cm³/mol. The molecule has 2 rings (SSSR count). The first kappa shape index (κ1) is 14.9. The van der Waals surface area contributed by atoms with Gasteiger partial charge in [0.15, 0.2) is 0 Å². The van der Waals surface area contributed by atoms with Gasteiger partial charge in [0.05, 0.1) is 6.42 Å². The molecule has 0 aliphatic carbocycles. The van der Waals surface area contributed by atoms with Crippen molar-refractivity contribution in [3.05, 3.63) is 64.4 Å². The summed E-state index contributed by atoms with van der Waals surface area (Å²) in [6.07, 6.45) is 0.00406. The fourth-order valence-electron chi connectivity index (χ4n) is 1.70. The van der Waals surface area contributed by atoms with Crippen LogP contribution in [0.4, 0.5) is 4.39 Å². The van der Waals surface area contributed by atoms with E-state index in [2.05, 4.69) is 0 Å². The smallest absolute Gasteiger partial charge is 0.307 e. The lowest BCUT2D eigenvalue weighted by atomic mass is 10.2. The van der Waals surface area contributed by atoms with E-state index in [4.69, 9.17) is 16.7 Å². The van der Waals surface area contributed by atoms with E-state index in [-0.39, 0.29) is 12.2 Å². The van der Waals surface area contributed by atoms with Gasteiger partial charge in [0.25, 0.3) is 0 Å². The molecule has 0 fully saturated rings. The van der Waals surface area contributed by atoms with E-state index in [0.717, 1.165) is 10.5 Å². The Hall–Kier alpha value is -1.52. The van der Waals surface area contributed by atoms with E-state index in [1.54, 1.807) is 24.3 Å². The highest BCUT2D eigenvalue weighted by Crippen LogP contribution is 2.28. The maximum Gasteiger partial charge on any atom is 0.307 e. The number of aliphatic carboxylic acids is 1. The summed E-state index contributed by atoms with van der Waals surface area (Å²) >= 11 is 7.42. The largest absolute Gasteiger partial charge is 0.481 e. The second-order valence-corrected chi connectivity index (χ2v) is 5.66. The van der Waals surface area contributed by atoms with Crippen molar-refractivity contribution in [3.63, 3.8) is 0 Å². The van der Waals surface area contributed by atoms with Crippen molar-refractivity contribution in [3.8, 4) is 0 Å². The van der Waals surface area contributed by atoms with E-state index < -0.39 is 5.97 Å². The predicted octanol–water partition coefficient (Wildman–Crippen LogP) is 4.40. The van der Waals surface area contributed by atoms with Crippen LogP contribution < -0.4 is 0 Å². The number of rotatable bonds is 5. The maximum absolute atomic E-state index is 13.6. The van der Waals surface area contributed by atoms with E-state index >= 15 is 0 Å². The van der Waals surface area contributed by atoms with Gasteiger partial charge in [0, 0.05) is 21.2 Å². The minimum absolute atomic E-state index is 0.00406. The van der Waals surface area contributed by atoms with Crippen LogP contribution in [0.5, 0.6) is 0 Å². The molecular weight excluding hydrogens is 299 g/mol. The van der Waals surface area contributed by atoms with Crippen LogP contribution in [0.3, 0.4) is 0 Å². The molecule has 5 heteroatoms. The molecule has 2 aromatic carbocycles. The second-order valence-electron chi connectivity index (χ2n) is 4.20. The van der Waals surface area contributed by atoms with Gasteiger partial charge in [-0.2, -0.15) is 0 Å². The van der Waals surface area contributed by atoms with Crippen LogP contribution in [0.15, 0.2) is 47.4 Å². The highest BCUT2D eigenvalue weighted by Gasteiger charge is 2.07. The normalized spacial score (nSPS) is 10.5. The standard InChI is InChI=1S/C15H12ClFO2S/c16-13-2-1-3-14(17)12(13)9-20-11-6-4-10(5-7-11)8-15(18)19/h1-7H,8-9H2,(H,18,19). The summed E-state index contributed by atoms with van der Waals surface area (Å²) in [6.45, 7) is 0. The third-order valence-corrected chi connectivity index (χ3v) is 4.12. The Kier molecular flexibility index (Phi) is 5.04. The number of thioether (sulfide) groups is 1. The average molecular weight is 311 g/mol. The van der Waals surface area contributed by atoms with E-state index in [0.29, 0.717) is 16.3 Å². The molecule has 0 aliphatic heterocycles.